The van der Waals surface area contributed by atoms with Gasteiger partial charge in [-0.25, -0.2) is 4.99 Å². The normalized spacial score (nSPS) is 15.7. The molecule has 0 saturated heterocycles. The Kier molecular flexibility index (Phi) is 10.9. The van der Waals surface area contributed by atoms with Gasteiger partial charge in [0.05, 0.1) is 6.54 Å². The van der Waals surface area contributed by atoms with E-state index in [0.717, 1.165) is 62.9 Å². The summed E-state index contributed by atoms with van der Waals surface area (Å²) in [4.78, 5) is 19.1. The topological polar surface area (TPSA) is 66.0 Å². The molecule has 6 nitrogen and oxygen atoms in total. The average Bonchev–Trinajstić information content (AvgIpc) is 3.26. The van der Waals surface area contributed by atoms with E-state index in [1.807, 2.05) is 43.0 Å². The zero-order valence-corrected chi connectivity index (χ0v) is 20.0. The molecular weight excluding hydrogens is 388 g/mol. The highest BCUT2D eigenvalue weighted by Gasteiger charge is 2.33. The second-order valence-corrected chi connectivity index (χ2v) is 8.38. The number of aliphatic imine (C=N–C) groups is 1. The largest absolute Gasteiger partial charge is 0.382 e. The Morgan fingerprint density at radius 2 is 1.74 bits per heavy atom. The van der Waals surface area contributed by atoms with Crippen LogP contribution in [0, 0.1) is 5.41 Å². The molecule has 1 aliphatic rings. The minimum Gasteiger partial charge on any atom is -0.382 e. The second-order valence-electron chi connectivity index (χ2n) is 8.38. The van der Waals surface area contributed by atoms with Gasteiger partial charge in [0.1, 0.15) is 0 Å². The quantitative estimate of drug-likeness (QED) is 0.296. The van der Waals surface area contributed by atoms with Crippen molar-refractivity contribution in [3.63, 3.8) is 0 Å². The Bertz CT molecular complexity index is 677. The van der Waals surface area contributed by atoms with Gasteiger partial charge in [0.2, 0.25) is 0 Å². The minimum absolute atomic E-state index is 0.0870. The number of hydrogen-bond donors (Lipinski definition) is 2. The first-order valence-electron chi connectivity index (χ1n) is 12.1. The van der Waals surface area contributed by atoms with Gasteiger partial charge in [-0.05, 0) is 70.1 Å². The molecule has 0 atom stereocenters. The van der Waals surface area contributed by atoms with Crippen LogP contribution in [0.2, 0.25) is 0 Å². The highest BCUT2D eigenvalue weighted by molar-refractivity contribution is 5.94. The third-order valence-electron chi connectivity index (χ3n) is 6.29. The van der Waals surface area contributed by atoms with Crippen molar-refractivity contribution >= 4 is 11.9 Å². The molecule has 2 rings (SSSR count). The molecule has 1 aromatic carbocycles. The summed E-state index contributed by atoms with van der Waals surface area (Å²) in [5, 5.41) is 6.95. The Balaban J connectivity index is 1.96. The molecule has 0 aromatic heterocycles. The zero-order valence-electron chi connectivity index (χ0n) is 20.0. The van der Waals surface area contributed by atoms with Gasteiger partial charge < -0.3 is 20.3 Å². The molecule has 0 aliphatic heterocycles. The smallest absolute Gasteiger partial charge is 0.253 e. The van der Waals surface area contributed by atoms with E-state index in [-0.39, 0.29) is 5.91 Å². The maximum atomic E-state index is 12.5. The summed E-state index contributed by atoms with van der Waals surface area (Å²) < 4.78 is 5.63. The molecule has 0 bridgehead atoms. The fourth-order valence-corrected chi connectivity index (χ4v) is 4.30. The predicted molar refractivity (Wildman–Crippen MR) is 129 cm³/mol. The van der Waals surface area contributed by atoms with Gasteiger partial charge in [0, 0.05) is 45.0 Å². The first-order chi connectivity index (χ1) is 15.1. The van der Waals surface area contributed by atoms with Gasteiger partial charge in [0.25, 0.3) is 5.91 Å². The van der Waals surface area contributed by atoms with Gasteiger partial charge in [-0.2, -0.15) is 0 Å². The molecule has 2 N–H and O–H groups in total. The second kappa shape index (κ2) is 13.4. The van der Waals surface area contributed by atoms with E-state index in [2.05, 4.69) is 24.5 Å². The number of nitrogens with zero attached hydrogens (tertiary/aromatic N) is 2. The lowest BCUT2D eigenvalue weighted by atomic mass is 9.83. The van der Waals surface area contributed by atoms with E-state index < -0.39 is 0 Å². The average molecular weight is 431 g/mol. The van der Waals surface area contributed by atoms with Crippen LogP contribution in [0.3, 0.4) is 0 Å². The number of benzene rings is 1. The summed E-state index contributed by atoms with van der Waals surface area (Å²) in [5.74, 6) is 0.942. The molecule has 0 heterocycles. The Hall–Kier alpha value is -2.08. The maximum absolute atomic E-state index is 12.5. The van der Waals surface area contributed by atoms with Gasteiger partial charge in [-0.15, -0.1) is 0 Å². The summed E-state index contributed by atoms with van der Waals surface area (Å²) in [6.07, 6.45) is 6.23. The summed E-state index contributed by atoms with van der Waals surface area (Å²) in [6.45, 7) is 13.6. The first-order valence-corrected chi connectivity index (χ1v) is 12.1. The first kappa shape index (κ1) is 25.2. The summed E-state index contributed by atoms with van der Waals surface area (Å²) in [7, 11) is 0. The molecule has 31 heavy (non-hydrogen) atoms. The predicted octanol–water partition coefficient (Wildman–Crippen LogP) is 4.21. The monoisotopic (exact) mass is 430 g/mol. The van der Waals surface area contributed by atoms with Gasteiger partial charge in [-0.3, -0.25) is 4.79 Å². The van der Waals surface area contributed by atoms with Crippen molar-refractivity contribution in [2.75, 3.05) is 39.4 Å². The number of nitrogens with one attached hydrogen (secondary N) is 2. The summed E-state index contributed by atoms with van der Waals surface area (Å²) in [5.41, 5.74) is 2.15. The van der Waals surface area contributed by atoms with Crippen LogP contribution in [0.4, 0.5) is 0 Å². The molecule has 1 amide bonds. The van der Waals surface area contributed by atoms with Gasteiger partial charge in [0.15, 0.2) is 5.96 Å². The zero-order chi connectivity index (χ0) is 22.5. The molecule has 6 heteroatoms. The summed E-state index contributed by atoms with van der Waals surface area (Å²) in [6, 6.07) is 7.83. The number of rotatable bonds is 12. The van der Waals surface area contributed by atoms with E-state index in [1.165, 1.54) is 25.7 Å². The highest BCUT2D eigenvalue weighted by Crippen LogP contribution is 2.40. The van der Waals surface area contributed by atoms with Gasteiger partial charge in [-0.1, -0.05) is 25.0 Å². The SMILES string of the molecule is CCNC(=NCc1ccc(C(=O)N(CC)CC)cc1)NCC1(CCOCC)CCCC1. The van der Waals surface area contributed by atoms with Crippen LogP contribution in [-0.2, 0) is 11.3 Å². The van der Waals surface area contributed by atoms with E-state index >= 15 is 0 Å². The lowest BCUT2D eigenvalue weighted by molar-refractivity contribution is 0.0773. The number of ether oxygens (including phenoxy) is 1. The van der Waals surface area contributed by atoms with Crippen molar-refractivity contribution in [1.82, 2.24) is 15.5 Å². The van der Waals surface area contributed by atoms with Crippen LogP contribution >= 0.6 is 0 Å². The molecule has 1 aromatic rings. The molecular formula is C25H42N4O2. The van der Waals surface area contributed by atoms with E-state index in [4.69, 9.17) is 9.73 Å². The van der Waals surface area contributed by atoms with Crippen LogP contribution in [-0.4, -0.2) is 56.2 Å². The molecule has 0 spiro atoms. The number of carbonyl (C=O) groups is 1. The highest BCUT2D eigenvalue weighted by atomic mass is 16.5. The Morgan fingerprint density at radius 1 is 1.06 bits per heavy atom. The van der Waals surface area contributed by atoms with E-state index in [1.54, 1.807) is 0 Å². The number of guanidine groups is 1. The van der Waals surface area contributed by atoms with Crippen molar-refractivity contribution in [3.05, 3.63) is 35.4 Å². The minimum atomic E-state index is 0.0870. The van der Waals surface area contributed by atoms with Crippen LogP contribution in [0.25, 0.3) is 0 Å². The van der Waals surface area contributed by atoms with Crippen LogP contribution in [0.15, 0.2) is 29.3 Å². The fourth-order valence-electron chi connectivity index (χ4n) is 4.30. The molecule has 1 aliphatic carbocycles. The standard InChI is InChI=1S/C25H42N4O2/c1-5-26-24(28-20-25(15-9-10-16-25)17-18-31-8-4)27-19-21-11-13-22(14-12-21)23(30)29(6-2)7-3/h11-14H,5-10,15-20H2,1-4H3,(H2,26,27,28). The maximum Gasteiger partial charge on any atom is 0.253 e. The van der Waals surface area contributed by atoms with Crippen LogP contribution < -0.4 is 10.6 Å². The van der Waals surface area contributed by atoms with E-state index in [0.29, 0.717) is 12.0 Å². The van der Waals surface area contributed by atoms with Crippen molar-refractivity contribution in [3.8, 4) is 0 Å². The third kappa shape index (κ3) is 7.84. The Morgan fingerprint density at radius 3 is 2.32 bits per heavy atom. The molecule has 0 radical (unpaired) electrons. The van der Waals surface area contributed by atoms with Crippen molar-refractivity contribution in [1.29, 1.82) is 0 Å². The summed E-state index contributed by atoms with van der Waals surface area (Å²) >= 11 is 0. The van der Waals surface area contributed by atoms with Crippen molar-refractivity contribution < 1.29 is 9.53 Å². The number of carbonyl (C=O) groups excluding carboxylic acids is 1. The number of hydrogen-bond acceptors (Lipinski definition) is 3. The van der Waals surface area contributed by atoms with Gasteiger partial charge >= 0.3 is 0 Å². The van der Waals surface area contributed by atoms with Crippen molar-refractivity contribution in [2.45, 2.75) is 66.3 Å². The van der Waals surface area contributed by atoms with Crippen LogP contribution in [0.5, 0.6) is 0 Å². The molecule has 1 saturated carbocycles. The Labute approximate surface area is 188 Å². The number of amides is 1. The lowest BCUT2D eigenvalue weighted by Crippen LogP contribution is -2.43. The lowest BCUT2D eigenvalue weighted by Gasteiger charge is -2.30. The van der Waals surface area contributed by atoms with E-state index in [9.17, 15) is 4.79 Å². The van der Waals surface area contributed by atoms with Crippen LogP contribution in [0.1, 0.15) is 75.7 Å². The third-order valence-corrected chi connectivity index (χ3v) is 6.29. The fraction of sp³-hybridized carbons (Fsp3) is 0.680. The van der Waals surface area contributed by atoms with Crippen molar-refractivity contribution in [2.24, 2.45) is 10.4 Å². The molecule has 1 fully saturated rings. The molecule has 0 unspecified atom stereocenters. The molecule has 174 valence electrons.